The normalized spacial score (nSPS) is 16.0. The Morgan fingerprint density at radius 2 is 1.95 bits per heavy atom. The number of piperidine rings is 1. The number of hydrogen-bond acceptors (Lipinski definition) is 3. The van der Waals surface area contributed by atoms with Crippen molar-refractivity contribution in [1.29, 1.82) is 0 Å². The quantitative estimate of drug-likeness (QED) is 0.867. The highest BCUT2D eigenvalue weighted by molar-refractivity contribution is 8.00. The minimum atomic E-state index is -0.244. The maximum absolute atomic E-state index is 12.2. The van der Waals surface area contributed by atoms with Crippen LogP contribution in [0.3, 0.4) is 0 Å². The van der Waals surface area contributed by atoms with Crippen molar-refractivity contribution in [1.82, 2.24) is 4.90 Å². The summed E-state index contributed by atoms with van der Waals surface area (Å²) < 4.78 is 0. The Hall–Kier alpha value is -1.49. The van der Waals surface area contributed by atoms with Gasteiger partial charge in [-0.1, -0.05) is 17.7 Å². The van der Waals surface area contributed by atoms with Crippen molar-refractivity contribution in [2.75, 3.05) is 18.8 Å². The molecule has 0 aromatic heterocycles. The predicted octanol–water partition coefficient (Wildman–Crippen LogP) is 2.12. The number of hydrogen-bond donors (Lipinski definition) is 1. The lowest BCUT2D eigenvalue weighted by atomic mass is 9.96. The van der Waals surface area contributed by atoms with Crippen LogP contribution in [0.4, 0.5) is 0 Å². The summed E-state index contributed by atoms with van der Waals surface area (Å²) in [4.78, 5) is 26.4. The first kappa shape index (κ1) is 15.9. The molecule has 4 nitrogen and oxygen atoms in total. The van der Waals surface area contributed by atoms with Gasteiger partial charge in [-0.2, -0.15) is 0 Å². The number of carbonyl (C=O) groups excluding carboxylic acids is 2. The summed E-state index contributed by atoms with van der Waals surface area (Å²) in [6, 6.07) is 6.28. The summed E-state index contributed by atoms with van der Waals surface area (Å²) in [6.45, 7) is 5.39. The molecule has 2 N–H and O–H groups in total. The van der Waals surface area contributed by atoms with E-state index in [1.807, 2.05) is 4.90 Å². The molecule has 0 aliphatic carbocycles. The largest absolute Gasteiger partial charge is 0.369 e. The van der Waals surface area contributed by atoms with Crippen molar-refractivity contribution in [2.24, 2.45) is 11.7 Å². The zero-order valence-electron chi connectivity index (χ0n) is 12.6. The number of aryl methyl sites for hydroxylation is 2. The molecule has 114 valence electrons. The van der Waals surface area contributed by atoms with Crippen LogP contribution >= 0.6 is 11.8 Å². The summed E-state index contributed by atoms with van der Waals surface area (Å²) in [5.74, 6) is 0.280. The Balaban J connectivity index is 1.85. The second-order valence-corrected chi connectivity index (χ2v) is 6.63. The number of nitrogens with two attached hydrogens (primary N) is 1. The van der Waals surface area contributed by atoms with Crippen LogP contribution in [-0.2, 0) is 9.59 Å². The zero-order valence-corrected chi connectivity index (χ0v) is 13.4. The summed E-state index contributed by atoms with van der Waals surface area (Å²) in [5, 5.41) is 0. The van der Waals surface area contributed by atoms with E-state index >= 15 is 0 Å². The molecule has 0 unspecified atom stereocenters. The van der Waals surface area contributed by atoms with Crippen molar-refractivity contribution in [3.63, 3.8) is 0 Å². The SMILES string of the molecule is Cc1ccc(C)c(SCC(=O)N2CCC(C(N)=O)CC2)c1. The maximum Gasteiger partial charge on any atom is 0.232 e. The summed E-state index contributed by atoms with van der Waals surface area (Å²) in [6.07, 6.45) is 1.38. The van der Waals surface area contributed by atoms with Gasteiger partial charge in [0, 0.05) is 23.9 Å². The number of amides is 2. The number of nitrogens with zero attached hydrogens (tertiary/aromatic N) is 1. The van der Waals surface area contributed by atoms with Crippen molar-refractivity contribution in [3.8, 4) is 0 Å². The lowest BCUT2D eigenvalue weighted by Gasteiger charge is -2.30. The second kappa shape index (κ2) is 6.98. The van der Waals surface area contributed by atoms with Crippen LogP contribution in [0.2, 0.25) is 0 Å². The molecule has 0 saturated carbocycles. The average molecular weight is 306 g/mol. The smallest absolute Gasteiger partial charge is 0.232 e. The van der Waals surface area contributed by atoms with Gasteiger partial charge in [-0.3, -0.25) is 9.59 Å². The molecule has 1 aromatic carbocycles. The Labute approximate surface area is 130 Å². The Kier molecular flexibility index (Phi) is 5.28. The third-order valence-corrected chi connectivity index (χ3v) is 5.09. The third kappa shape index (κ3) is 4.24. The molecule has 2 amide bonds. The van der Waals surface area contributed by atoms with E-state index in [4.69, 9.17) is 5.73 Å². The lowest BCUT2D eigenvalue weighted by molar-refractivity contribution is -0.132. The van der Waals surface area contributed by atoms with Crippen LogP contribution < -0.4 is 5.73 Å². The molecule has 2 rings (SSSR count). The highest BCUT2D eigenvalue weighted by Gasteiger charge is 2.25. The van der Waals surface area contributed by atoms with Crippen LogP contribution in [-0.4, -0.2) is 35.6 Å². The van der Waals surface area contributed by atoms with Gasteiger partial charge in [-0.05, 0) is 38.3 Å². The first-order valence-electron chi connectivity index (χ1n) is 7.24. The van der Waals surface area contributed by atoms with E-state index < -0.39 is 0 Å². The highest BCUT2D eigenvalue weighted by Crippen LogP contribution is 2.25. The minimum Gasteiger partial charge on any atom is -0.369 e. The van der Waals surface area contributed by atoms with E-state index in [2.05, 4.69) is 32.0 Å². The van der Waals surface area contributed by atoms with Crippen LogP contribution in [0.1, 0.15) is 24.0 Å². The molecule has 21 heavy (non-hydrogen) atoms. The van der Waals surface area contributed by atoms with E-state index in [1.54, 1.807) is 11.8 Å². The Morgan fingerprint density at radius 3 is 2.57 bits per heavy atom. The fourth-order valence-corrected chi connectivity index (χ4v) is 3.53. The number of benzene rings is 1. The molecule has 0 radical (unpaired) electrons. The topological polar surface area (TPSA) is 63.4 Å². The summed E-state index contributed by atoms with van der Waals surface area (Å²) in [5.41, 5.74) is 7.71. The Bertz CT molecular complexity index is 537. The molecular formula is C16H22N2O2S. The third-order valence-electron chi connectivity index (χ3n) is 3.94. The fraction of sp³-hybridized carbons (Fsp3) is 0.500. The van der Waals surface area contributed by atoms with E-state index in [-0.39, 0.29) is 17.7 Å². The minimum absolute atomic E-state index is 0.0688. The van der Waals surface area contributed by atoms with Gasteiger partial charge in [0.2, 0.25) is 11.8 Å². The number of rotatable bonds is 4. The van der Waals surface area contributed by atoms with Gasteiger partial charge in [-0.15, -0.1) is 11.8 Å². The van der Waals surface area contributed by atoms with Gasteiger partial charge in [0.15, 0.2) is 0 Å². The number of likely N-dealkylation sites (tertiary alicyclic amines) is 1. The van der Waals surface area contributed by atoms with Gasteiger partial charge < -0.3 is 10.6 Å². The van der Waals surface area contributed by atoms with E-state index in [0.717, 1.165) is 4.90 Å². The molecule has 5 heteroatoms. The number of primary amides is 1. The van der Waals surface area contributed by atoms with Crippen molar-refractivity contribution >= 4 is 23.6 Å². The fourth-order valence-electron chi connectivity index (χ4n) is 2.51. The molecule has 0 bridgehead atoms. The standard InChI is InChI=1S/C16H22N2O2S/c1-11-3-4-12(2)14(9-11)21-10-15(19)18-7-5-13(6-8-18)16(17)20/h3-4,9,13H,5-8,10H2,1-2H3,(H2,17,20). The molecule has 0 spiro atoms. The van der Waals surface area contributed by atoms with Gasteiger partial charge >= 0.3 is 0 Å². The number of carbonyl (C=O) groups is 2. The molecule has 1 aliphatic heterocycles. The first-order chi connectivity index (χ1) is 9.97. The predicted molar refractivity (Wildman–Crippen MR) is 85.1 cm³/mol. The van der Waals surface area contributed by atoms with Crippen LogP contribution in [0.5, 0.6) is 0 Å². The monoisotopic (exact) mass is 306 g/mol. The molecular weight excluding hydrogens is 284 g/mol. The van der Waals surface area contributed by atoms with E-state index in [0.29, 0.717) is 31.7 Å². The van der Waals surface area contributed by atoms with Crippen molar-refractivity contribution < 1.29 is 9.59 Å². The summed E-state index contributed by atoms with van der Waals surface area (Å²) >= 11 is 1.59. The molecule has 1 fully saturated rings. The second-order valence-electron chi connectivity index (χ2n) is 5.62. The maximum atomic E-state index is 12.2. The Morgan fingerprint density at radius 1 is 1.29 bits per heavy atom. The van der Waals surface area contributed by atoms with Crippen LogP contribution in [0.15, 0.2) is 23.1 Å². The summed E-state index contributed by atoms with van der Waals surface area (Å²) in [7, 11) is 0. The van der Waals surface area contributed by atoms with Crippen LogP contribution in [0.25, 0.3) is 0 Å². The molecule has 1 heterocycles. The molecule has 1 saturated heterocycles. The van der Waals surface area contributed by atoms with Crippen molar-refractivity contribution in [3.05, 3.63) is 29.3 Å². The highest BCUT2D eigenvalue weighted by atomic mass is 32.2. The van der Waals surface area contributed by atoms with Gasteiger partial charge in [0.05, 0.1) is 5.75 Å². The molecule has 0 atom stereocenters. The molecule has 1 aliphatic rings. The van der Waals surface area contributed by atoms with Gasteiger partial charge in [-0.25, -0.2) is 0 Å². The van der Waals surface area contributed by atoms with Crippen LogP contribution in [0, 0.1) is 19.8 Å². The van der Waals surface area contributed by atoms with E-state index in [9.17, 15) is 9.59 Å². The first-order valence-corrected chi connectivity index (χ1v) is 8.23. The average Bonchev–Trinajstić information content (AvgIpc) is 2.48. The zero-order chi connectivity index (χ0) is 15.4. The van der Waals surface area contributed by atoms with E-state index in [1.165, 1.54) is 11.1 Å². The van der Waals surface area contributed by atoms with Gasteiger partial charge in [0.1, 0.15) is 0 Å². The lowest BCUT2D eigenvalue weighted by Crippen LogP contribution is -2.42. The number of thioether (sulfide) groups is 1. The molecule has 1 aromatic rings. The van der Waals surface area contributed by atoms with Crippen molar-refractivity contribution in [2.45, 2.75) is 31.6 Å². The van der Waals surface area contributed by atoms with Gasteiger partial charge in [0.25, 0.3) is 0 Å².